The molecular formula is C13H17NO2. The summed E-state index contributed by atoms with van der Waals surface area (Å²) in [5.41, 5.74) is 0.572. The summed E-state index contributed by atoms with van der Waals surface area (Å²) in [6, 6.07) is 3.76. The van der Waals surface area contributed by atoms with Gasteiger partial charge in [0.1, 0.15) is 17.6 Å². The van der Waals surface area contributed by atoms with Crippen molar-refractivity contribution in [1.82, 2.24) is 4.98 Å². The topological polar surface area (TPSA) is 39.2 Å². The SMILES string of the molecule is CCC1(C)C(=O)CC1Oc1cccnc1C. The first kappa shape index (κ1) is 11.1. The van der Waals surface area contributed by atoms with Crippen molar-refractivity contribution in [2.45, 2.75) is 39.7 Å². The number of Topliss-reactive ketones (excluding diaryl/α,β-unsaturated/α-hetero) is 1. The lowest BCUT2D eigenvalue weighted by atomic mass is 9.64. The number of aromatic nitrogens is 1. The van der Waals surface area contributed by atoms with Crippen molar-refractivity contribution >= 4 is 5.78 Å². The molecule has 0 bridgehead atoms. The molecule has 0 aliphatic heterocycles. The number of ether oxygens (including phenoxy) is 1. The molecule has 0 amide bonds. The third-order valence-corrected chi connectivity index (χ3v) is 3.68. The van der Waals surface area contributed by atoms with E-state index in [1.54, 1.807) is 6.20 Å². The molecule has 1 heterocycles. The monoisotopic (exact) mass is 219 g/mol. The normalized spacial score (nSPS) is 28.7. The molecule has 0 N–H and O–H groups in total. The van der Waals surface area contributed by atoms with E-state index in [0.29, 0.717) is 12.2 Å². The number of nitrogens with zero attached hydrogens (tertiary/aromatic N) is 1. The Kier molecular flexibility index (Phi) is 2.70. The second kappa shape index (κ2) is 3.89. The van der Waals surface area contributed by atoms with Crippen molar-refractivity contribution in [3.8, 4) is 5.75 Å². The van der Waals surface area contributed by atoms with Gasteiger partial charge in [-0.05, 0) is 32.4 Å². The van der Waals surface area contributed by atoms with Gasteiger partial charge in [-0.2, -0.15) is 0 Å². The van der Waals surface area contributed by atoms with Crippen LogP contribution in [-0.4, -0.2) is 16.9 Å². The quantitative estimate of drug-likeness (QED) is 0.784. The van der Waals surface area contributed by atoms with Crippen LogP contribution >= 0.6 is 0 Å². The molecule has 1 aliphatic rings. The highest BCUT2D eigenvalue weighted by atomic mass is 16.5. The van der Waals surface area contributed by atoms with Crippen LogP contribution in [0.15, 0.2) is 18.3 Å². The molecule has 2 atom stereocenters. The summed E-state index contributed by atoms with van der Waals surface area (Å²) in [4.78, 5) is 15.7. The van der Waals surface area contributed by atoms with Crippen molar-refractivity contribution in [1.29, 1.82) is 0 Å². The van der Waals surface area contributed by atoms with E-state index >= 15 is 0 Å². The molecule has 2 rings (SSSR count). The zero-order valence-corrected chi connectivity index (χ0v) is 9.99. The highest BCUT2D eigenvalue weighted by Gasteiger charge is 2.51. The zero-order chi connectivity index (χ0) is 11.8. The first-order valence-corrected chi connectivity index (χ1v) is 5.69. The van der Waals surface area contributed by atoms with E-state index in [1.807, 2.05) is 32.9 Å². The minimum atomic E-state index is -0.303. The number of aryl methyl sites for hydroxylation is 1. The Labute approximate surface area is 95.8 Å². The molecule has 0 spiro atoms. The highest BCUT2D eigenvalue weighted by Crippen LogP contribution is 2.42. The van der Waals surface area contributed by atoms with E-state index in [0.717, 1.165) is 17.9 Å². The number of ketones is 1. The molecular weight excluding hydrogens is 202 g/mol. The Bertz CT molecular complexity index is 416. The Balaban J connectivity index is 2.13. The van der Waals surface area contributed by atoms with Gasteiger partial charge in [0.15, 0.2) is 0 Å². The van der Waals surface area contributed by atoms with Crippen LogP contribution in [0, 0.1) is 12.3 Å². The summed E-state index contributed by atoms with van der Waals surface area (Å²) in [5.74, 6) is 1.10. The number of rotatable bonds is 3. The number of carbonyl (C=O) groups is 1. The summed E-state index contributed by atoms with van der Waals surface area (Å²) in [5, 5.41) is 0. The molecule has 3 heteroatoms. The molecule has 3 nitrogen and oxygen atoms in total. The number of pyridine rings is 1. The molecule has 1 fully saturated rings. The summed E-state index contributed by atoms with van der Waals surface area (Å²) >= 11 is 0. The van der Waals surface area contributed by atoms with Gasteiger partial charge >= 0.3 is 0 Å². The third-order valence-electron chi connectivity index (χ3n) is 3.68. The van der Waals surface area contributed by atoms with Gasteiger partial charge in [0, 0.05) is 12.6 Å². The lowest BCUT2D eigenvalue weighted by Crippen LogP contribution is -2.54. The minimum absolute atomic E-state index is 0.00731. The standard InChI is InChI=1S/C13H17NO2/c1-4-13(3)11(15)8-12(13)16-10-6-5-7-14-9(10)2/h5-7,12H,4,8H2,1-3H3. The van der Waals surface area contributed by atoms with Crippen LogP contribution < -0.4 is 4.74 Å². The molecule has 1 aromatic rings. The summed E-state index contributed by atoms with van der Waals surface area (Å²) < 4.78 is 5.87. The third kappa shape index (κ3) is 1.60. The maximum Gasteiger partial charge on any atom is 0.146 e. The van der Waals surface area contributed by atoms with E-state index < -0.39 is 0 Å². The molecule has 1 aromatic heterocycles. The van der Waals surface area contributed by atoms with Crippen molar-refractivity contribution in [2.24, 2.45) is 5.41 Å². The Morgan fingerprint density at radius 1 is 1.62 bits per heavy atom. The van der Waals surface area contributed by atoms with Crippen LogP contribution in [-0.2, 0) is 4.79 Å². The molecule has 1 aliphatic carbocycles. The predicted molar refractivity (Wildman–Crippen MR) is 61.4 cm³/mol. The molecule has 0 saturated heterocycles. The van der Waals surface area contributed by atoms with Crippen LogP contribution in [0.4, 0.5) is 0 Å². The van der Waals surface area contributed by atoms with E-state index in [4.69, 9.17) is 4.74 Å². The van der Waals surface area contributed by atoms with Gasteiger partial charge in [0.05, 0.1) is 11.1 Å². The van der Waals surface area contributed by atoms with Gasteiger partial charge in [-0.25, -0.2) is 0 Å². The van der Waals surface area contributed by atoms with Crippen molar-refractivity contribution in [3.63, 3.8) is 0 Å². The first-order valence-electron chi connectivity index (χ1n) is 5.69. The Morgan fingerprint density at radius 2 is 2.38 bits per heavy atom. The molecule has 2 unspecified atom stereocenters. The van der Waals surface area contributed by atoms with E-state index in [-0.39, 0.29) is 11.5 Å². The smallest absolute Gasteiger partial charge is 0.146 e. The molecule has 0 radical (unpaired) electrons. The number of carbonyl (C=O) groups excluding carboxylic acids is 1. The molecule has 1 saturated carbocycles. The fraction of sp³-hybridized carbons (Fsp3) is 0.538. The van der Waals surface area contributed by atoms with Crippen molar-refractivity contribution in [2.75, 3.05) is 0 Å². The van der Waals surface area contributed by atoms with Gasteiger partial charge in [-0.15, -0.1) is 0 Å². The van der Waals surface area contributed by atoms with Crippen LogP contribution in [0.5, 0.6) is 5.75 Å². The lowest BCUT2D eigenvalue weighted by molar-refractivity contribution is -0.150. The summed E-state index contributed by atoms with van der Waals surface area (Å²) in [7, 11) is 0. The van der Waals surface area contributed by atoms with E-state index in [9.17, 15) is 4.79 Å². The Hall–Kier alpha value is -1.38. The van der Waals surface area contributed by atoms with Crippen LogP contribution in [0.2, 0.25) is 0 Å². The number of hydrogen-bond donors (Lipinski definition) is 0. The Morgan fingerprint density at radius 3 is 2.94 bits per heavy atom. The molecule has 86 valence electrons. The number of hydrogen-bond acceptors (Lipinski definition) is 3. The first-order chi connectivity index (χ1) is 7.58. The maximum atomic E-state index is 11.6. The van der Waals surface area contributed by atoms with Crippen molar-refractivity contribution in [3.05, 3.63) is 24.0 Å². The van der Waals surface area contributed by atoms with Crippen LogP contribution in [0.25, 0.3) is 0 Å². The minimum Gasteiger partial charge on any atom is -0.487 e. The molecule has 0 aromatic carbocycles. The lowest BCUT2D eigenvalue weighted by Gasteiger charge is -2.44. The second-order valence-corrected chi connectivity index (χ2v) is 4.59. The summed E-state index contributed by atoms with van der Waals surface area (Å²) in [6.07, 6.45) is 3.11. The second-order valence-electron chi connectivity index (χ2n) is 4.59. The van der Waals surface area contributed by atoms with Crippen LogP contribution in [0.1, 0.15) is 32.4 Å². The van der Waals surface area contributed by atoms with Crippen molar-refractivity contribution < 1.29 is 9.53 Å². The van der Waals surface area contributed by atoms with Gasteiger partial charge in [0.25, 0.3) is 0 Å². The fourth-order valence-electron chi connectivity index (χ4n) is 2.02. The fourth-order valence-corrected chi connectivity index (χ4v) is 2.02. The van der Waals surface area contributed by atoms with Gasteiger partial charge in [-0.1, -0.05) is 6.92 Å². The maximum absolute atomic E-state index is 11.6. The van der Waals surface area contributed by atoms with Gasteiger partial charge in [-0.3, -0.25) is 9.78 Å². The van der Waals surface area contributed by atoms with Crippen LogP contribution in [0.3, 0.4) is 0 Å². The largest absolute Gasteiger partial charge is 0.487 e. The average Bonchev–Trinajstić information content (AvgIpc) is 2.30. The van der Waals surface area contributed by atoms with Gasteiger partial charge < -0.3 is 4.74 Å². The molecule has 16 heavy (non-hydrogen) atoms. The average molecular weight is 219 g/mol. The zero-order valence-electron chi connectivity index (χ0n) is 9.99. The summed E-state index contributed by atoms with van der Waals surface area (Å²) in [6.45, 7) is 5.93. The highest BCUT2D eigenvalue weighted by molar-refractivity contribution is 5.92. The predicted octanol–water partition coefficient (Wildman–Crippen LogP) is 2.53. The van der Waals surface area contributed by atoms with E-state index in [1.165, 1.54) is 0 Å². The van der Waals surface area contributed by atoms with E-state index in [2.05, 4.69) is 4.98 Å². The van der Waals surface area contributed by atoms with Gasteiger partial charge in [0.2, 0.25) is 0 Å².